The second-order valence-corrected chi connectivity index (χ2v) is 5.16. The maximum Gasteiger partial charge on any atom is 0.0659 e. The zero-order chi connectivity index (χ0) is 11.9. The van der Waals surface area contributed by atoms with Crippen LogP contribution in [0.5, 0.6) is 0 Å². The third-order valence-corrected chi connectivity index (χ3v) is 3.79. The SMILES string of the molecule is CCOCC(C)(CN)N(C)C(C)CSC. The fraction of sp³-hybridized carbons (Fsp3) is 1.00. The highest BCUT2D eigenvalue weighted by atomic mass is 32.2. The normalized spacial score (nSPS) is 17.8. The summed E-state index contributed by atoms with van der Waals surface area (Å²) in [5.41, 5.74) is 5.80. The number of rotatable bonds is 8. The zero-order valence-electron chi connectivity index (χ0n) is 10.7. The Kier molecular flexibility index (Phi) is 7.61. The van der Waals surface area contributed by atoms with Crippen LogP contribution < -0.4 is 5.73 Å². The molecule has 0 saturated carbocycles. The molecule has 0 aromatic carbocycles. The highest BCUT2D eigenvalue weighted by molar-refractivity contribution is 7.98. The molecule has 0 rings (SSSR count). The van der Waals surface area contributed by atoms with Gasteiger partial charge in [-0.05, 0) is 34.1 Å². The number of hydrogen-bond donors (Lipinski definition) is 1. The molecule has 0 amide bonds. The first kappa shape index (κ1) is 15.2. The molecule has 0 heterocycles. The molecule has 15 heavy (non-hydrogen) atoms. The molecule has 0 aromatic heterocycles. The lowest BCUT2D eigenvalue weighted by atomic mass is 10.0. The lowest BCUT2D eigenvalue weighted by Gasteiger charge is -2.41. The van der Waals surface area contributed by atoms with E-state index in [1.165, 1.54) is 0 Å². The largest absolute Gasteiger partial charge is 0.380 e. The van der Waals surface area contributed by atoms with Crippen LogP contribution in [0.15, 0.2) is 0 Å². The molecule has 2 atom stereocenters. The van der Waals surface area contributed by atoms with Gasteiger partial charge in [-0.3, -0.25) is 4.90 Å². The van der Waals surface area contributed by atoms with Crippen LogP contribution in [-0.4, -0.2) is 55.3 Å². The van der Waals surface area contributed by atoms with Crippen LogP contribution in [0.3, 0.4) is 0 Å². The van der Waals surface area contributed by atoms with Crippen LogP contribution >= 0.6 is 11.8 Å². The summed E-state index contributed by atoms with van der Waals surface area (Å²) >= 11 is 1.87. The predicted molar refractivity (Wildman–Crippen MR) is 69.6 cm³/mol. The van der Waals surface area contributed by atoms with Crippen LogP contribution in [0.1, 0.15) is 20.8 Å². The highest BCUT2D eigenvalue weighted by Crippen LogP contribution is 2.17. The van der Waals surface area contributed by atoms with Crippen molar-refractivity contribution in [3.05, 3.63) is 0 Å². The minimum absolute atomic E-state index is 0.0504. The van der Waals surface area contributed by atoms with Crippen molar-refractivity contribution in [3.8, 4) is 0 Å². The summed E-state index contributed by atoms with van der Waals surface area (Å²) in [5, 5.41) is 0. The van der Waals surface area contributed by atoms with E-state index in [1.54, 1.807) is 0 Å². The van der Waals surface area contributed by atoms with Crippen LogP contribution in [0.25, 0.3) is 0 Å². The van der Waals surface area contributed by atoms with E-state index in [4.69, 9.17) is 10.5 Å². The van der Waals surface area contributed by atoms with Crippen molar-refractivity contribution in [2.75, 3.05) is 38.8 Å². The second kappa shape index (κ2) is 7.49. The maximum atomic E-state index is 5.85. The number of nitrogens with zero attached hydrogens (tertiary/aromatic N) is 1. The fourth-order valence-electron chi connectivity index (χ4n) is 1.51. The van der Waals surface area contributed by atoms with E-state index in [0.717, 1.165) is 12.4 Å². The van der Waals surface area contributed by atoms with Gasteiger partial charge in [0.15, 0.2) is 0 Å². The van der Waals surface area contributed by atoms with Gasteiger partial charge in [0.25, 0.3) is 0 Å². The molecule has 0 radical (unpaired) electrons. The quantitative estimate of drug-likeness (QED) is 0.689. The zero-order valence-corrected chi connectivity index (χ0v) is 11.6. The number of nitrogens with two attached hydrogens (primary N) is 1. The van der Waals surface area contributed by atoms with Gasteiger partial charge in [-0.2, -0.15) is 11.8 Å². The van der Waals surface area contributed by atoms with E-state index < -0.39 is 0 Å². The Hall–Kier alpha value is 0.230. The summed E-state index contributed by atoms with van der Waals surface area (Å²) in [6.45, 7) is 8.50. The predicted octanol–water partition coefficient (Wildman–Crippen LogP) is 1.42. The number of likely N-dealkylation sites (N-methyl/N-ethyl adjacent to an activating group) is 1. The van der Waals surface area contributed by atoms with Gasteiger partial charge >= 0.3 is 0 Å². The molecule has 0 spiro atoms. The number of ether oxygens (including phenoxy) is 1. The van der Waals surface area contributed by atoms with Crippen molar-refractivity contribution >= 4 is 11.8 Å². The first-order chi connectivity index (χ1) is 7.01. The summed E-state index contributed by atoms with van der Waals surface area (Å²) in [4.78, 5) is 2.33. The Balaban J connectivity index is 4.34. The van der Waals surface area contributed by atoms with Gasteiger partial charge in [0, 0.05) is 24.9 Å². The van der Waals surface area contributed by atoms with Crippen molar-refractivity contribution in [1.82, 2.24) is 4.90 Å². The summed E-state index contributed by atoms with van der Waals surface area (Å²) in [6.07, 6.45) is 2.13. The Bertz CT molecular complexity index is 169. The van der Waals surface area contributed by atoms with Crippen LogP contribution in [0, 0.1) is 0 Å². The van der Waals surface area contributed by atoms with E-state index >= 15 is 0 Å². The molecule has 2 unspecified atom stereocenters. The topological polar surface area (TPSA) is 38.5 Å². The standard InChI is InChI=1S/C11H26N2OS/c1-6-14-9-11(3,8-12)13(4)10(2)7-15-5/h10H,6-9,12H2,1-5H3. The average Bonchev–Trinajstić information content (AvgIpc) is 2.25. The summed E-state index contributed by atoms with van der Waals surface area (Å²) in [7, 11) is 2.13. The van der Waals surface area contributed by atoms with Crippen molar-refractivity contribution in [2.45, 2.75) is 32.4 Å². The van der Waals surface area contributed by atoms with E-state index in [0.29, 0.717) is 19.2 Å². The summed E-state index contributed by atoms with van der Waals surface area (Å²) in [5.74, 6) is 1.12. The molecule has 0 aromatic rings. The van der Waals surface area contributed by atoms with Gasteiger partial charge in [-0.15, -0.1) is 0 Å². The second-order valence-electron chi connectivity index (χ2n) is 4.25. The lowest BCUT2D eigenvalue weighted by molar-refractivity contribution is 0.0104. The number of thioether (sulfide) groups is 1. The minimum atomic E-state index is -0.0504. The average molecular weight is 234 g/mol. The van der Waals surface area contributed by atoms with Crippen molar-refractivity contribution < 1.29 is 4.74 Å². The first-order valence-corrected chi connectivity index (χ1v) is 6.91. The fourth-order valence-corrected chi connectivity index (χ4v) is 2.22. The molecule has 2 N–H and O–H groups in total. The minimum Gasteiger partial charge on any atom is -0.380 e. The molecule has 0 aliphatic rings. The van der Waals surface area contributed by atoms with Crippen molar-refractivity contribution in [3.63, 3.8) is 0 Å². The molecule has 0 saturated heterocycles. The molecule has 4 heteroatoms. The van der Waals surface area contributed by atoms with E-state index in [-0.39, 0.29) is 5.54 Å². The number of hydrogen-bond acceptors (Lipinski definition) is 4. The molecule has 0 aliphatic carbocycles. The molecule has 0 aliphatic heterocycles. The van der Waals surface area contributed by atoms with Gasteiger partial charge in [0.2, 0.25) is 0 Å². The lowest BCUT2D eigenvalue weighted by Crippen LogP contribution is -2.56. The molecule has 3 nitrogen and oxygen atoms in total. The Morgan fingerprint density at radius 2 is 2.13 bits per heavy atom. The molecular weight excluding hydrogens is 208 g/mol. The molecular formula is C11H26N2OS. The molecule has 92 valence electrons. The third-order valence-electron chi connectivity index (χ3n) is 2.98. The third kappa shape index (κ3) is 4.72. The maximum absolute atomic E-state index is 5.85. The van der Waals surface area contributed by atoms with E-state index in [1.807, 2.05) is 18.7 Å². The van der Waals surface area contributed by atoms with Gasteiger partial charge in [-0.25, -0.2) is 0 Å². The van der Waals surface area contributed by atoms with E-state index in [9.17, 15) is 0 Å². The van der Waals surface area contributed by atoms with Crippen molar-refractivity contribution in [2.24, 2.45) is 5.73 Å². The first-order valence-electron chi connectivity index (χ1n) is 5.51. The molecule has 0 bridgehead atoms. The summed E-state index contributed by atoms with van der Waals surface area (Å²) in [6, 6.07) is 0.522. The van der Waals surface area contributed by atoms with Crippen LogP contribution in [-0.2, 0) is 4.74 Å². The Morgan fingerprint density at radius 3 is 2.53 bits per heavy atom. The van der Waals surface area contributed by atoms with Crippen molar-refractivity contribution in [1.29, 1.82) is 0 Å². The van der Waals surface area contributed by atoms with Gasteiger partial charge in [0.05, 0.1) is 12.1 Å². The van der Waals surface area contributed by atoms with E-state index in [2.05, 4.69) is 32.1 Å². The smallest absolute Gasteiger partial charge is 0.0659 e. The Labute approximate surface area is 98.7 Å². The van der Waals surface area contributed by atoms with Gasteiger partial charge in [-0.1, -0.05) is 0 Å². The summed E-state index contributed by atoms with van der Waals surface area (Å²) < 4.78 is 5.51. The Morgan fingerprint density at radius 1 is 1.53 bits per heavy atom. The van der Waals surface area contributed by atoms with Crippen LogP contribution in [0.4, 0.5) is 0 Å². The van der Waals surface area contributed by atoms with Gasteiger partial charge < -0.3 is 10.5 Å². The highest BCUT2D eigenvalue weighted by Gasteiger charge is 2.30. The monoisotopic (exact) mass is 234 g/mol. The van der Waals surface area contributed by atoms with Gasteiger partial charge in [0.1, 0.15) is 0 Å². The molecule has 0 fully saturated rings. The van der Waals surface area contributed by atoms with Crippen LogP contribution in [0.2, 0.25) is 0 Å².